The highest BCUT2D eigenvalue weighted by molar-refractivity contribution is 5.79. The van der Waals surface area contributed by atoms with Gasteiger partial charge in [-0.15, -0.1) is 0 Å². The van der Waals surface area contributed by atoms with Crippen molar-refractivity contribution in [3.63, 3.8) is 0 Å². The normalized spacial score (nSPS) is 43.3. The number of ether oxygens (including phenoxy) is 3. The summed E-state index contributed by atoms with van der Waals surface area (Å²) in [4.78, 5) is 11.3. The standard InChI is InChI=1S/C10H17NO5/c1-4-6(16-10(2,3)13)8-7(14-4)5(11)9(12)15-8/h4-8,13H,11H2,1-3H3. The van der Waals surface area contributed by atoms with Crippen molar-refractivity contribution in [1.82, 2.24) is 0 Å². The summed E-state index contributed by atoms with van der Waals surface area (Å²) < 4.78 is 16.0. The van der Waals surface area contributed by atoms with Crippen LogP contribution in [0.5, 0.6) is 0 Å². The van der Waals surface area contributed by atoms with Crippen LogP contribution in [-0.4, -0.2) is 47.3 Å². The lowest BCUT2D eigenvalue weighted by atomic mass is 10.1. The van der Waals surface area contributed by atoms with Gasteiger partial charge in [-0.05, 0) is 20.8 Å². The van der Waals surface area contributed by atoms with E-state index in [1.54, 1.807) is 6.92 Å². The van der Waals surface area contributed by atoms with Crippen LogP contribution in [0.1, 0.15) is 20.8 Å². The monoisotopic (exact) mass is 231 g/mol. The van der Waals surface area contributed by atoms with Gasteiger partial charge in [-0.25, -0.2) is 0 Å². The van der Waals surface area contributed by atoms with Crippen molar-refractivity contribution in [2.24, 2.45) is 5.73 Å². The van der Waals surface area contributed by atoms with E-state index in [0.717, 1.165) is 0 Å². The number of nitrogens with two attached hydrogens (primary N) is 1. The summed E-state index contributed by atoms with van der Waals surface area (Å²) in [5.74, 6) is -1.78. The molecule has 0 aromatic carbocycles. The molecule has 0 aromatic heterocycles. The van der Waals surface area contributed by atoms with Crippen LogP contribution >= 0.6 is 0 Å². The molecule has 6 heteroatoms. The smallest absolute Gasteiger partial charge is 0.326 e. The van der Waals surface area contributed by atoms with E-state index in [1.807, 2.05) is 0 Å². The minimum absolute atomic E-state index is 0.263. The zero-order chi connectivity index (χ0) is 12.1. The maximum Gasteiger partial charge on any atom is 0.326 e. The van der Waals surface area contributed by atoms with Crippen molar-refractivity contribution in [2.75, 3.05) is 0 Å². The third kappa shape index (κ3) is 1.93. The van der Waals surface area contributed by atoms with E-state index in [1.165, 1.54) is 13.8 Å². The Morgan fingerprint density at radius 3 is 2.62 bits per heavy atom. The molecule has 0 aliphatic carbocycles. The molecule has 2 saturated heterocycles. The fourth-order valence-electron chi connectivity index (χ4n) is 2.12. The molecule has 0 aromatic rings. The van der Waals surface area contributed by atoms with Gasteiger partial charge in [0, 0.05) is 0 Å². The summed E-state index contributed by atoms with van der Waals surface area (Å²) in [6.45, 7) is 4.84. The van der Waals surface area contributed by atoms with Crippen molar-refractivity contribution in [3.05, 3.63) is 0 Å². The second-order valence-electron chi connectivity index (χ2n) is 4.76. The zero-order valence-electron chi connectivity index (χ0n) is 9.54. The average molecular weight is 231 g/mol. The summed E-state index contributed by atoms with van der Waals surface area (Å²) in [6, 6.07) is -0.761. The first kappa shape index (κ1) is 11.8. The Labute approximate surface area is 93.6 Å². The first-order chi connectivity index (χ1) is 7.29. The van der Waals surface area contributed by atoms with Crippen LogP contribution < -0.4 is 5.73 Å². The summed E-state index contributed by atoms with van der Waals surface area (Å²) in [6.07, 6.45) is -1.75. The van der Waals surface area contributed by atoms with Crippen LogP contribution in [0.3, 0.4) is 0 Å². The lowest BCUT2D eigenvalue weighted by Crippen LogP contribution is -2.41. The van der Waals surface area contributed by atoms with Gasteiger partial charge in [0.2, 0.25) is 0 Å². The Hall–Kier alpha value is -0.690. The maximum atomic E-state index is 11.3. The Bertz CT molecular complexity index is 300. The number of fused-ring (bicyclic) bond motifs is 1. The van der Waals surface area contributed by atoms with Crippen molar-refractivity contribution < 1.29 is 24.1 Å². The lowest BCUT2D eigenvalue weighted by Gasteiger charge is -2.27. The van der Waals surface area contributed by atoms with Gasteiger partial charge in [-0.2, -0.15) is 0 Å². The predicted molar refractivity (Wildman–Crippen MR) is 53.4 cm³/mol. The van der Waals surface area contributed by atoms with Crippen LogP contribution in [0.15, 0.2) is 0 Å². The van der Waals surface area contributed by atoms with Gasteiger partial charge in [-0.1, -0.05) is 0 Å². The molecule has 92 valence electrons. The van der Waals surface area contributed by atoms with Gasteiger partial charge in [0.15, 0.2) is 11.9 Å². The molecule has 0 amide bonds. The molecule has 5 atom stereocenters. The minimum atomic E-state index is -1.30. The number of carbonyl (C=O) groups excluding carboxylic acids is 1. The van der Waals surface area contributed by atoms with Gasteiger partial charge in [0.05, 0.1) is 6.10 Å². The number of rotatable bonds is 2. The summed E-state index contributed by atoms with van der Waals surface area (Å²) in [7, 11) is 0. The van der Waals surface area contributed by atoms with Crippen LogP contribution in [-0.2, 0) is 19.0 Å². The molecule has 6 nitrogen and oxygen atoms in total. The molecule has 2 aliphatic rings. The van der Waals surface area contributed by atoms with E-state index < -0.39 is 36.1 Å². The Morgan fingerprint density at radius 1 is 1.44 bits per heavy atom. The van der Waals surface area contributed by atoms with E-state index >= 15 is 0 Å². The number of esters is 1. The van der Waals surface area contributed by atoms with Gasteiger partial charge >= 0.3 is 5.97 Å². The van der Waals surface area contributed by atoms with Crippen LogP contribution in [0.4, 0.5) is 0 Å². The molecule has 16 heavy (non-hydrogen) atoms. The average Bonchev–Trinajstić information content (AvgIpc) is 2.55. The predicted octanol–water partition coefficient (Wildman–Crippen LogP) is -0.860. The highest BCUT2D eigenvalue weighted by Crippen LogP contribution is 2.34. The third-order valence-electron chi connectivity index (χ3n) is 2.78. The van der Waals surface area contributed by atoms with Gasteiger partial charge < -0.3 is 25.1 Å². The topological polar surface area (TPSA) is 91.0 Å². The Balaban J connectivity index is 2.12. The Morgan fingerprint density at radius 2 is 2.06 bits per heavy atom. The third-order valence-corrected chi connectivity index (χ3v) is 2.78. The van der Waals surface area contributed by atoms with Crippen molar-refractivity contribution in [1.29, 1.82) is 0 Å². The van der Waals surface area contributed by atoms with E-state index in [9.17, 15) is 9.90 Å². The fourth-order valence-corrected chi connectivity index (χ4v) is 2.12. The van der Waals surface area contributed by atoms with Crippen LogP contribution in [0.25, 0.3) is 0 Å². The molecule has 2 aliphatic heterocycles. The van der Waals surface area contributed by atoms with Gasteiger partial charge in [-0.3, -0.25) is 4.79 Å². The van der Waals surface area contributed by atoms with Crippen molar-refractivity contribution in [2.45, 2.75) is 57.0 Å². The van der Waals surface area contributed by atoms with Gasteiger partial charge in [0.25, 0.3) is 0 Å². The zero-order valence-corrected chi connectivity index (χ0v) is 9.54. The fraction of sp³-hybridized carbons (Fsp3) is 0.900. The largest absolute Gasteiger partial charge is 0.455 e. The van der Waals surface area contributed by atoms with E-state index in [4.69, 9.17) is 19.9 Å². The van der Waals surface area contributed by atoms with Crippen molar-refractivity contribution in [3.8, 4) is 0 Å². The van der Waals surface area contributed by atoms with Crippen LogP contribution in [0.2, 0.25) is 0 Å². The molecule has 2 fully saturated rings. The molecule has 0 spiro atoms. The second kappa shape index (κ2) is 3.66. The molecule has 0 radical (unpaired) electrons. The van der Waals surface area contributed by atoms with Crippen LogP contribution in [0, 0.1) is 0 Å². The molecule has 0 bridgehead atoms. The molecule has 3 N–H and O–H groups in total. The summed E-state index contributed by atoms with van der Waals surface area (Å²) >= 11 is 0. The van der Waals surface area contributed by atoms with E-state index in [0.29, 0.717) is 0 Å². The van der Waals surface area contributed by atoms with Gasteiger partial charge in [0.1, 0.15) is 18.2 Å². The molecule has 2 heterocycles. The van der Waals surface area contributed by atoms with E-state index in [-0.39, 0.29) is 6.10 Å². The SMILES string of the molecule is CC1OC2C(N)C(=O)OC2C1OC(C)(C)O. The quantitative estimate of drug-likeness (QED) is 0.474. The molecular formula is C10H17NO5. The number of hydrogen-bond acceptors (Lipinski definition) is 6. The molecule has 2 rings (SSSR count). The maximum absolute atomic E-state index is 11.3. The number of carbonyl (C=O) groups is 1. The first-order valence-corrected chi connectivity index (χ1v) is 5.31. The highest BCUT2D eigenvalue weighted by Gasteiger charge is 2.56. The lowest BCUT2D eigenvalue weighted by molar-refractivity contribution is -0.228. The summed E-state index contributed by atoms with van der Waals surface area (Å²) in [5, 5.41) is 9.60. The first-order valence-electron chi connectivity index (χ1n) is 5.31. The molecule has 5 unspecified atom stereocenters. The van der Waals surface area contributed by atoms with Crippen molar-refractivity contribution >= 4 is 5.97 Å². The number of aliphatic hydroxyl groups is 1. The van der Waals surface area contributed by atoms with E-state index in [2.05, 4.69) is 0 Å². The highest BCUT2D eigenvalue weighted by atomic mass is 16.7. The minimum Gasteiger partial charge on any atom is -0.455 e. The number of hydrogen-bond donors (Lipinski definition) is 2. The Kier molecular flexibility index (Phi) is 2.70. The summed E-state index contributed by atoms with van der Waals surface area (Å²) in [5.41, 5.74) is 5.63. The molecular weight excluding hydrogens is 214 g/mol. The second-order valence-corrected chi connectivity index (χ2v) is 4.76. The molecule has 0 saturated carbocycles.